The normalized spacial score (nSPS) is 12.5. The first kappa shape index (κ1) is 9.80. The summed E-state index contributed by atoms with van der Waals surface area (Å²) in [6.07, 6.45) is 0.0930. The van der Waals surface area contributed by atoms with Crippen molar-refractivity contribution in [3.8, 4) is 0 Å². The number of halogens is 2. The number of carbonyl (C=O) groups excluding carboxylic acids is 1. The zero-order valence-electron chi connectivity index (χ0n) is 6.88. The molecule has 4 heteroatoms. The highest BCUT2D eigenvalue weighted by molar-refractivity contribution is 5.61. The molecule has 0 aromatic heterocycles. The molecule has 0 fully saturated rings. The molecule has 2 nitrogen and oxygen atoms in total. The van der Waals surface area contributed by atoms with E-state index in [2.05, 4.69) is 4.74 Å². The van der Waals surface area contributed by atoms with Crippen LogP contribution in [-0.2, 0) is 9.53 Å². The lowest BCUT2D eigenvalue weighted by Gasteiger charge is -2.09. The number of ether oxygens (including phenoxy) is 1. The van der Waals surface area contributed by atoms with Gasteiger partial charge in [-0.1, -0.05) is 6.07 Å². The average Bonchev–Trinajstić information content (AvgIpc) is 2.11. The Morgan fingerprint density at radius 1 is 1.38 bits per heavy atom. The second-order valence-electron chi connectivity index (χ2n) is 2.37. The number of rotatable bonds is 3. The van der Waals surface area contributed by atoms with E-state index in [-0.39, 0.29) is 0 Å². The molecule has 0 aliphatic rings. The minimum atomic E-state index is -1.30. The van der Waals surface area contributed by atoms with Crippen molar-refractivity contribution < 1.29 is 18.3 Å². The van der Waals surface area contributed by atoms with Crippen molar-refractivity contribution in [2.75, 3.05) is 7.11 Å². The predicted octanol–water partition coefficient (Wildman–Crippen LogP) is 1.76. The smallest absolute Gasteiger partial charge is 0.234 e. The van der Waals surface area contributed by atoms with E-state index < -0.39 is 23.3 Å². The third kappa shape index (κ3) is 1.89. The summed E-state index contributed by atoms with van der Waals surface area (Å²) in [5, 5.41) is 0. The van der Waals surface area contributed by atoms with Gasteiger partial charge in [0.25, 0.3) is 0 Å². The van der Waals surface area contributed by atoms with Gasteiger partial charge >= 0.3 is 0 Å². The maximum atomic E-state index is 13.0. The molecule has 1 unspecified atom stereocenters. The summed E-state index contributed by atoms with van der Waals surface area (Å²) in [7, 11) is 1.18. The van der Waals surface area contributed by atoms with E-state index in [1.54, 1.807) is 0 Å². The summed E-state index contributed by atoms with van der Waals surface area (Å²) in [6, 6.07) is 3.33. The summed E-state index contributed by atoms with van der Waals surface area (Å²) < 4.78 is 30.5. The quantitative estimate of drug-likeness (QED) is 0.717. The van der Waals surface area contributed by atoms with Gasteiger partial charge in [0.1, 0.15) is 11.6 Å². The maximum absolute atomic E-state index is 13.0. The first-order valence-corrected chi connectivity index (χ1v) is 3.55. The summed E-state index contributed by atoms with van der Waals surface area (Å²) in [5.41, 5.74) is -0.403. The fourth-order valence-electron chi connectivity index (χ4n) is 0.986. The fraction of sp³-hybridized carbons (Fsp3) is 0.222. The first-order valence-electron chi connectivity index (χ1n) is 3.55. The average molecular weight is 185 g/mol. The second kappa shape index (κ2) is 4.09. The van der Waals surface area contributed by atoms with Crippen LogP contribution < -0.4 is 0 Å². The fourth-order valence-corrected chi connectivity index (χ4v) is 0.986. The van der Waals surface area contributed by atoms with Crippen molar-refractivity contribution in [2.24, 2.45) is 0 Å². The Morgan fingerprint density at radius 3 is 2.31 bits per heavy atom. The lowest BCUT2D eigenvalue weighted by molar-refractivity contribution is 0.147. The van der Waals surface area contributed by atoms with Gasteiger partial charge in [-0.05, 0) is 12.1 Å². The zero-order chi connectivity index (χ0) is 9.84. The molecule has 13 heavy (non-hydrogen) atoms. The lowest BCUT2D eigenvalue weighted by atomic mass is 10.1. The highest BCUT2D eigenvalue weighted by Crippen LogP contribution is 2.21. The molecule has 0 aliphatic carbocycles. The van der Waals surface area contributed by atoms with Gasteiger partial charge in [-0.25, -0.2) is 8.78 Å². The van der Waals surface area contributed by atoms with Gasteiger partial charge in [0.05, 0.1) is 5.56 Å². The van der Waals surface area contributed by atoms with Gasteiger partial charge in [-0.3, -0.25) is 4.79 Å². The summed E-state index contributed by atoms with van der Waals surface area (Å²) in [5.74, 6) is -1.62. The minimum Gasteiger partial charge on any atom is -0.368 e. The molecular formula is C9H7F2O2. The van der Waals surface area contributed by atoms with Gasteiger partial charge in [-0.2, -0.15) is 0 Å². The van der Waals surface area contributed by atoms with E-state index in [1.165, 1.54) is 19.5 Å². The molecule has 1 rings (SSSR count). The standard InChI is InChI=1S/C9H7F2O2/c1-13-8(5-12)9-6(10)3-2-4-7(9)11/h2-4,8H,1H3. The van der Waals surface area contributed by atoms with Crippen molar-refractivity contribution >= 4 is 6.29 Å². The molecule has 0 heterocycles. The van der Waals surface area contributed by atoms with Crippen LogP contribution in [0.15, 0.2) is 18.2 Å². The Kier molecular flexibility index (Phi) is 3.08. The molecule has 1 radical (unpaired) electrons. The van der Waals surface area contributed by atoms with E-state index in [0.717, 1.165) is 12.1 Å². The Bertz CT molecular complexity index is 292. The van der Waals surface area contributed by atoms with Crippen LogP contribution in [0.3, 0.4) is 0 Å². The van der Waals surface area contributed by atoms with Crippen molar-refractivity contribution in [1.29, 1.82) is 0 Å². The van der Waals surface area contributed by atoms with Gasteiger partial charge in [0.2, 0.25) is 6.29 Å². The van der Waals surface area contributed by atoms with E-state index in [9.17, 15) is 13.6 Å². The number of benzene rings is 1. The van der Waals surface area contributed by atoms with Crippen LogP contribution in [0.1, 0.15) is 11.7 Å². The highest BCUT2D eigenvalue weighted by Gasteiger charge is 2.19. The molecule has 1 aromatic carbocycles. The summed E-state index contributed by atoms with van der Waals surface area (Å²) in [6.45, 7) is 0. The van der Waals surface area contributed by atoms with Gasteiger partial charge in [0.15, 0.2) is 6.10 Å². The monoisotopic (exact) mass is 185 g/mol. The SMILES string of the molecule is COC([C]=O)c1c(F)cccc1F. The van der Waals surface area contributed by atoms with Crippen molar-refractivity contribution in [3.63, 3.8) is 0 Å². The first-order chi connectivity index (χ1) is 6.20. The third-order valence-corrected chi connectivity index (χ3v) is 1.60. The van der Waals surface area contributed by atoms with E-state index in [1.807, 2.05) is 0 Å². The molecular weight excluding hydrogens is 178 g/mol. The zero-order valence-corrected chi connectivity index (χ0v) is 6.88. The Hall–Kier alpha value is -1.29. The summed E-state index contributed by atoms with van der Waals surface area (Å²) in [4.78, 5) is 10.3. The molecule has 0 spiro atoms. The number of hydrogen-bond donors (Lipinski definition) is 0. The van der Waals surface area contributed by atoms with Crippen molar-refractivity contribution in [2.45, 2.75) is 6.10 Å². The largest absolute Gasteiger partial charge is 0.368 e. The van der Waals surface area contributed by atoms with Crippen LogP contribution in [-0.4, -0.2) is 13.4 Å². The van der Waals surface area contributed by atoms with E-state index in [4.69, 9.17) is 0 Å². The maximum Gasteiger partial charge on any atom is 0.234 e. The molecule has 0 saturated carbocycles. The van der Waals surface area contributed by atoms with Crippen LogP contribution in [0.5, 0.6) is 0 Å². The van der Waals surface area contributed by atoms with Crippen LogP contribution >= 0.6 is 0 Å². The summed E-state index contributed by atoms with van der Waals surface area (Å²) >= 11 is 0. The van der Waals surface area contributed by atoms with E-state index >= 15 is 0 Å². The number of methoxy groups -OCH3 is 1. The van der Waals surface area contributed by atoms with Crippen molar-refractivity contribution in [3.05, 3.63) is 35.4 Å². The van der Waals surface area contributed by atoms with Crippen LogP contribution in [0, 0.1) is 11.6 Å². The molecule has 0 bridgehead atoms. The molecule has 0 amide bonds. The minimum absolute atomic E-state index is 0.403. The topological polar surface area (TPSA) is 26.3 Å². The molecule has 0 N–H and O–H groups in total. The van der Waals surface area contributed by atoms with Gasteiger partial charge in [-0.15, -0.1) is 0 Å². The Morgan fingerprint density at radius 2 is 1.92 bits per heavy atom. The third-order valence-electron chi connectivity index (χ3n) is 1.60. The molecule has 1 aromatic rings. The second-order valence-corrected chi connectivity index (χ2v) is 2.37. The Labute approximate surface area is 74.1 Å². The molecule has 1 atom stereocenters. The lowest BCUT2D eigenvalue weighted by Crippen LogP contribution is -2.07. The van der Waals surface area contributed by atoms with Crippen LogP contribution in [0.4, 0.5) is 8.78 Å². The molecule has 0 aliphatic heterocycles. The van der Waals surface area contributed by atoms with Crippen LogP contribution in [0.25, 0.3) is 0 Å². The Balaban J connectivity index is 3.17. The van der Waals surface area contributed by atoms with Gasteiger partial charge < -0.3 is 4.74 Å². The van der Waals surface area contributed by atoms with Crippen molar-refractivity contribution in [1.82, 2.24) is 0 Å². The highest BCUT2D eigenvalue weighted by atomic mass is 19.1. The van der Waals surface area contributed by atoms with Gasteiger partial charge in [0, 0.05) is 7.11 Å². The van der Waals surface area contributed by atoms with Crippen LogP contribution in [0.2, 0.25) is 0 Å². The number of hydrogen-bond acceptors (Lipinski definition) is 2. The molecule has 69 valence electrons. The van der Waals surface area contributed by atoms with E-state index in [0.29, 0.717) is 0 Å². The predicted molar refractivity (Wildman–Crippen MR) is 41.8 cm³/mol. The molecule has 0 saturated heterocycles.